The lowest BCUT2D eigenvalue weighted by molar-refractivity contribution is 0.0526. The standard InChI is InChI=1S/C20H21FN2O3/c1-2-26-20(25)16-8-4-6-10-18(16)22-11-13-23(14-12-22)19(24)15-7-3-5-9-17(15)21/h3-10H,2,11-14H2,1H3. The van der Waals surface area contributed by atoms with Crippen LogP contribution in [0.15, 0.2) is 48.5 Å². The number of nitrogens with zero attached hydrogens (tertiary/aromatic N) is 2. The lowest BCUT2D eigenvalue weighted by atomic mass is 10.1. The smallest absolute Gasteiger partial charge is 0.340 e. The first-order chi connectivity index (χ1) is 12.6. The van der Waals surface area contributed by atoms with E-state index in [1.165, 1.54) is 12.1 Å². The van der Waals surface area contributed by atoms with Crippen LogP contribution in [-0.2, 0) is 4.74 Å². The highest BCUT2D eigenvalue weighted by Gasteiger charge is 2.26. The first-order valence-corrected chi connectivity index (χ1v) is 8.66. The molecule has 0 atom stereocenters. The van der Waals surface area contributed by atoms with Crippen LogP contribution in [0.5, 0.6) is 0 Å². The average molecular weight is 356 g/mol. The van der Waals surface area contributed by atoms with E-state index >= 15 is 0 Å². The van der Waals surface area contributed by atoms with E-state index in [-0.39, 0.29) is 17.4 Å². The first kappa shape index (κ1) is 17.9. The number of halogens is 1. The topological polar surface area (TPSA) is 49.9 Å². The summed E-state index contributed by atoms with van der Waals surface area (Å²) in [5.74, 6) is -1.16. The monoisotopic (exact) mass is 356 g/mol. The molecule has 5 nitrogen and oxygen atoms in total. The van der Waals surface area contributed by atoms with Gasteiger partial charge in [0.25, 0.3) is 5.91 Å². The Labute approximate surface area is 152 Å². The van der Waals surface area contributed by atoms with Gasteiger partial charge in [-0.15, -0.1) is 0 Å². The Hall–Kier alpha value is -2.89. The molecule has 0 bridgehead atoms. The van der Waals surface area contributed by atoms with E-state index < -0.39 is 5.82 Å². The van der Waals surface area contributed by atoms with Crippen molar-refractivity contribution in [2.45, 2.75) is 6.92 Å². The molecule has 0 N–H and O–H groups in total. The highest BCUT2D eigenvalue weighted by Crippen LogP contribution is 2.23. The van der Waals surface area contributed by atoms with Crippen molar-refractivity contribution >= 4 is 17.6 Å². The Morgan fingerprint density at radius 2 is 1.58 bits per heavy atom. The number of hydrogen-bond acceptors (Lipinski definition) is 4. The van der Waals surface area contributed by atoms with Crippen LogP contribution in [0.25, 0.3) is 0 Å². The second-order valence-electron chi connectivity index (χ2n) is 6.00. The molecule has 2 aromatic rings. The van der Waals surface area contributed by atoms with Gasteiger partial charge in [-0.05, 0) is 31.2 Å². The van der Waals surface area contributed by atoms with Gasteiger partial charge in [0.15, 0.2) is 0 Å². The van der Waals surface area contributed by atoms with Gasteiger partial charge in [0, 0.05) is 26.2 Å². The number of rotatable bonds is 4. The van der Waals surface area contributed by atoms with Gasteiger partial charge in [-0.25, -0.2) is 9.18 Å². The molecule has 0 aliphatic carbocycles. The van der Waals surface area contributed by atoms with Crippen molar-refractivity contribution in [3.63, 3.8) is 0 Å². The van der Waals surface area contributed by atoms with Gasteiger partial charge in [-0.3, -0.25) is 4.79 Å². The molecule has 1 amide bonds. The van der Waals surface area contributed by atoms with Gasteiger partial charge in [-0.1, -0.05) is 24.3 Å². The highest BCUT2D eigenvalue weighted by atomic mass is 19.1. The summed E-state index contributed by atoms with van der Waals surface area (Å²) in [5, 5.41) is 0. The Balaban J connectivity index is 1.71. The molecule has 1 saturated heterocycles. The number of anilines is 1. The summed E-state index contributed by atoms with van der Waals surface area (Å²) < 4.78 is 19.0. The SMILES string of the molecule is CCOC(=O)c1ccccc1N1CCN(C(=O)c2ccccc2F)CC1. The van der Waals surface area contributed by atoms with E-state index in [2.05, 4.69) is 4.90 Å². The van der Waals surface area contributed by atoms with Crippen molar-refractivity contribution in [3.8, 4) is 0 Å². The fraction of sp³-hybridized carbons (Fsp3) is 0.300. The molecule has 0 saturated carbocycles. The molecule has 136 valence electrons. The van der Waals surface area contributed by atoms with Gasteiger partial charge in [0.2, 0.25) is 0 Å². The van der Waals surface area contributed by atoms with Crippen molar-refractivity contribution < 1.29 is 18.7 Å². The Kier molecular flexibility index (Phi) is 5.51. The fourth-order valence-electron chi connectivity index (χ4n) is 3.09. The van der Waals surface area contributed by atoms with Crippen LogP contribution >= 0.6 is 0 Å². The number of piperazine rings is 1. The molecule has 1 aliphatic heterocycles. The van der Waals surface area contributed by atoms with Crippen molar-refractivity contribution in [1.82, 2.24) is 4.90 Å². The highest BCUT2D eigenvalue weighted by molar-refractivity contribution is 5.96. The van der Waals surface area contributed by atoms with Crippen molar-refractivity contribution in [1.29, 1.82) is 0 Å². The molecule has 0 unspecified atom stereocenters. The minimum absolute atomic E-state index is 0.0906. The fourth-order valence-corrected chi connectivity index (χ4v) is 3.09. The van der Waals surface area contributed by atoms with Gasteiger partial charge in [0.05, 0.1) is 23.4 Å². The summed E-state index contributed by atoms with van der Waals surface area (Å²) in [6, 6.07) is 13.3. The molecule has 26 heavy (non-hydrogen) atoms. The van der Waals surface area contributed by atoms with Crippen LogP contribution in [0.3, 0.4) is 0 Å². The van der Waals surface area contributed by atoms with Gasteiger partial charge in [-0.2, -0.15) is 0 Å². The first-order valence-electron chi connectivity index (χ1n) is 8.66. The number of amides is 1. The van der Waals surface area contributed by atoms with Crippen molar-refractivity contribution in [2.24, 2.45) is 0 Å². The van der Waals surface area contributed by atoms with Gasteiger partial charge >= 0.3 is 5.97 Å². The minimum Gasteiger partial charge on any atom is -0.462 e. The molecular weight excluding hydrogens is 335 g/mol. The summed E-state index contributed by atoms with van der Waals surface area (Å²) >= 11 is 0. The molecule has 1 fully saturated rings. The van der Waals surface area contributed by atoms with Crippen LogP contribution in [0, 0.1) is 5.82 Å². The van der Waals surface area contributed by atoms with Crippen LogP contribution in [-0.4, -0.2) is 49.6 Å². The van der Waals surface area contributed by atoms with E-state index in [1.54, 1.807) is 36.1 Å². The van der Waals surface area contributed by atoms with Gasteiger partial charge < -0.3 is 14.5 Å². The van der Waals surface area contributed by atoms with Crippen LogP contribution < -0.4 is 4.90 Å². The number of hydrogen-bond donors (Lipinski definition) is 0. The zero-order valence-corrected chi connectivity index (χ0v) is 14.7. The van der Waals surface area contributed by atoms with Crippen LogP contribution in [0.1, 0.15) is 27.6 Å². The molecule has 1 heterocycles. The van der Waals surface area contributed by atoms with Crippen molar-refractivity contribution in [2.75, 3.05) is 37.7 Å². The zero-order chi connectivity index (χ0) is 18.5. The second kappa shape index (κ2) is 7.99. The minimum atomic E-state index is -0.507. The number of carbonyl (C=O) groups is 2. The van der Waals surface area contributed by atoms with Crippen LogP contribution in [0.4, 0.5) is 10.1 Å². The lowest BCUT2D eigenvalue weighted by Crippen LogP contribution is -2.49. The largest absolute Gasteiger partial charge is 0.462 e. The molecule has 0 spiro atoms. The molecule has 0 aromatic heterocycles. The normalized spacial score (nSPS) is 14.2. The molecule has 2 aromatic carbocycles. The van der Waals surface area contributed by atoms with E-state index in [4.69, 9.17) is 4.74 Å². The number of carbonyl (C=O) groups excluding carboxylic acids is 2. The Bertz CT molecular complexity index is 801. The summed E-state index contributed by atoms with van der Waals surface area (Å²) in [6.07, 6.45) is 0. The predicted molar refractivity (Wildman–Crippen MR) is 96.9 cm³/mol. The zero-order valence-electron chi connectivity index (χ0n) is 14.7. The maximum atomic E-state index is 13.8. The molecule has 6 heteroatoms. The van der Waals surface area contributed by atoms with E-state index in [9.17, 15) is 14.0 Å². The predicted octanol–water partition coefficient (Wildman–Crippen LogP) is 2.96. The number of esters is 1. The van der Waals surface area contributed by atoms with Crippen LogP contribution in [0.2, 0.25) is 0 Å². The third-order valence-corrected chi connectivity index (χ3v) is 4.41. The summed E-state index contributed by atoms with van der Waals surface area (Å²) in [7, 11) is 0. The maximum Gasteiger partial charge on any atom is 0.340 e. The number of para-hydroxylation sites is 1. The van der Waals surface area contributed by atoms with E-state index in [1.807, 2.05) is 12.1 Å². The lowest BCUT2D eigenvalue weighted by Gasteiger charge is -2.36. The average Bonchev–Trinajstić information content (AvgIpc) is 2.68. The summed E-state index contributed by atoms with van der Waals surface area (Å²) in [5.41, 5.74) is 1.40. The van der Waals surface area contributed by atoms with Gasteiger partial charge in [0.1, 0.15) is 5.82 Å². The third-order valence-electron chi connectivity index (χ3n) is 4.41. The third kappa shape index (κ3) is 3.69. The quantitative estimate of drug-likeness (QED) is 0.791. The molecule has 1 aliphatic rings. The maximum absolute atomic E-state index is 13.8. The Morgan fingerprint density at radius 3 is 2.23 bits per heavy atom. The number of ether oxygens (including phenoxy) is 1. The molecule has 0 radical (unpaired) electrons. The summed E-state index contributed by atoms with van der Waals surface area (Å²) in [4.78, 5) is 28.4. The Morgan fingerprint density at radius 1 is 0.962 bits per heavy atom. The van der Waals surface area contributed by atoms with Crippen molar-refractivity contribution in [3.05, 3.63) is 65.5 Å². The van der Waals surface area contributed by atoms with E-state index in [0.29, 0.717) is 38.3 Å². The summed E-state index contributed by atoms with van der Waals surface area (Å²) in [6.45, 7) is 4.15. The molecular formula is C20H21FN2O3. The second-order valence-corrected chi connectivity index (χ2v) is 6.00. The number of benzene rings is 2. The molecule has 3 rings (SSSR count). The van der Waals surface area contributed by atoms with E-state index in [0.717, 1.165) is 5.69 Å².